The van der Waals surface area contributed by atoms with Gasteiger partial charge in [0.05, 0.1) is 30.5 Å². The first-order chi connectivity index (χ1) is 12.5. The first-order valence-corrected chi connectivity index (χ1v) is 8.11. The predicted octanol–water partition coefficient (Wildman–Crippen LogP) is 1.54. The molecule has 0 saturated carbocycles. The van der Waals surface area contributed by atoms with E-state index < -0.39 is 5.82 Å². The van der Waals surface area contributed by atoms with E-state index in [0.717, 1.165) is 11.3 Å². The Bertz CT molecular complexity index is 937. The molecule has 9 nitrogen and oxygen atoms in total. The maximum absolute atomic E-state index is 13.1. The minimum absolute atomic E-state index is 0.103. The number of nitrogens with two attached hydrogens (primary N) is 1. The SMILES string of the molecule is C[C@@H](c1ncc(F)cn1)N1Cc2nc(N)nc(Nc3cn(C)cn3)c2C1. The zero-order valence-electron chi connectivity index (χ0n) is 14.4. The molecule has 0 saturated heterocycles. The molecule has 10 heteroatoms. The molecule has 0 aromatic carbocycles. The Kier molecular flexibility index (Phi) is 3.96. The molecule has 0 spiro atoms. The molecule has 1 aliphatic rings. The number of imidazole rings is 1. The summed E-state index contributed by atoms with van der Waals surface area (Å²) in [5.74, 6) is 1.63. The van der Waals surface area contributed by atoms with Crippen LogP contribution >= 0.6 is 0 Å². The van der Waals surface area contributed by atoms with Crippen LogP contribution in [0, 0.1) is 5.82 Å². The van der Waals surface area contributed by atoms with Crippen LogP contribution in [0.2, 0.25) is 0 Å². The molecule has 0 bridgehead atoms. The van der Waals surface area contributed by atoms with Crippen molar-refractivity contribution in [2.75, 3.05) is 11.1 Å². The van der Waals surface area contributed by atoms with E-state index in [1.54, 1.807) is 6.33 Å². The molecule has 0 aliphatic carbocycles. The van der Waals surface area contributed by atoms with Crippen molar-refractivity contribution >= 4 is 17.6 Å². The summed E-state index contributed by atoms with van der Waals surface area (Å²) in [5.41, 5.74) is 7.68. The Morgan fingerprint density at radius 1 is 1.19 bits per heavy atom. The summed E-state index contributed by atoms with van der Waals surface area (Å²) in [6.45, 7) is 3.16. The van der Waals surface area contributed by atoms with Gasteiger partial charge >= 0.3 is 0 Å². The van der Waals surface area contributed by atoms with Crippen molar-refractivity contribution < 1.29 is 4.39 Å². The minimum atomic E-state index is -0.453. The second-order valence-corrected chi connectivity index (χ2v) is 6.25. The van der Waals surface area contributed by atoms with E-state index in [9.17, 15) is 4.39 Å². The third-order valence-electron chi connectivity index (χ3n) is 4.34. The normalized spacial score (nSPS) is 15.0. The van der Waals surface area contributed by atoms with E-state index in [-0.39, 0.29) is 12.0 Å². The Morgan fingerprint density at radius 3 is 2.65 bits per heavy atom. The maximum atomic E-state index is 13.1. The van der Waals surface area contributed by atoms with Gasteiger partial charge in [-0.05, 0) is 6.92 Å². The Morgan fingerprint density at radius 2 is 1.96 bits per heavy atom. The standard InChI is InChI=1S/C16H18FN9/c1-9(14-19-3-10(17)4-20-14)26-5-11-12(6-26)22-16(18)24-15(11)23-13-7-25(2)8-21-13/h3-4,7-9H,5-6H2,1-2H3,(H3,18,22,23,24)/t9-/m0/s1. The van der Waals surface area contributed by atoms with Gasteiger partial charge in [0.2, 0.25) is 5.95 Å². The summed E-state index contributed by atoms with van der Waals surface area (Å²) >= 11 is 0. The lowest BCUT2D eigenvalue weighted by Gasteiger charge is -2.21. The molecule has 4 rings (SSSR count). The van der Waals surface area contributed by atoms with Crippen molar-refractivity contribution in [3.05, 3.63) is 47.8 Å². The van der Waals surface area contributed by atoms with E-state index in [4.69, 9.17) is 5.73 Å². The van der Waals surface area contributed by atoms with Gasteiger partial charge in [0.1, 0.15) is 17.5 Å². The average molecular weight is 355 g/mol. The zero-order chi connectivity index (χ0) is 18.3. The van der Waals surface area contributed by atoms with Crippen molar-refractivity contribution in [2.45, 2.75) is 26.1 Å². The topological polar surface area (TPSA) is 111 Å². The lowest BCUT2D eigenvalue weighted by molar-refractivity contribution is 0.205. The minimum Gasteiger partial charge on any atom is -0.368 e. The van der Waals surface area contributed by atoms with Crippen LogP contribution in [0.25, 0.3) is 0 Å². The van der Waals surface area contributed by atoms with Crippen LogP contribution in [0.4, 0.5) is 22.0 Å². The summed E-state index contributed by atoms with van der Waals surface area (Å²) in [4.78, 5) is 23.2. The molecule has 3 aromatic rings. The summed E-state index contributed by atoms with van der Waals surface area (Å²) in [6.07, 6.45) is 5.90. The number of aromatic nitrogens is 6. The molecule has 134 valence electrons. The lowest BCUT2D eigenvalue weighted by Crippen LogP contribution is -2.22. The van der Waals surface area contributed by atoms with Crippen LogP contribution in [0.3, 0.4) is 0 Å². The first kappa shape index (κ1) is 16.3. The van der Waals surface area contributed by atoms with Gasteiger partial charge < -0.3 is 15.6 Å². The number of hydrogen-bond donors (Lipinski definition) is 2. The number of halogens is 1. The molecule has 0 radical (unpaired) electrons. The van der Waals surface area contributed by atoms with Gasteiger partial charge in [-0.1, -0.05) is 0 Å². The maximum Gasteiger partial charge on any atom is 0.222 e. The molecule has 0 fully saturated rings. The lowest BCUT2D eigenvalue weighted by atomic mass is 10.2. The Balaban J connectivity index is 1.59. The van der Waals surface area contributed by atoms with Crippen LogP contribution in [0.1, 0.15) is 30.0 Å². The average Bonchev–Trinajstić information content (AvgIpc) is 3.21. The van der Waals surface area contributed by atoms with E-state index in [1.165, 1.54) is 12.4 Å². The highest BCUT2D eigenvalue weighted by Crippen LogP contribution is 2.33. The zero-order valence-corrected chi connectivity index (χ0v) is 14.4. The van der Waals surface area contributed by atoms with Crippen molar-refractivity contribution in [2.24, 2.45) is 7.05 Å². The highest BCUT2D eigenvalue weighted by molar-refractivity contribution is 5.59. The monoisotopic (exact) mass is 355 g/mol. The van der Waals surface area contributed by atoms with Crippen molar-refractivity contribution in [1.82, 2.24) is 34.4 Å². The van der Waals surface area contributed by atoms with E-state index >= 15 is 0 Å². The van der Waals surface area contributed by atoms with Gasteiger partial charge in [-0.15, -0.1) is 0 Å². The third-order valence-corrected chi connectivity index (χ3v) is 4.34. The number of rotatable bonds is 4. The molecule has 26 heavy (non-hydrogen) atoms. The number of hydrogen-bond acceptors (Lipinski definition) is 8. The number of nitrogens with zero attached hydrogens (tertiary/aromatic N) is 7. The number of fused-ring (bicyclic) bond motifs is 1. The van der Waals surface area contributed by atoms with Crippen LogP contribution in [0.15, 0.2) is 24.9 Å². The highest BCUT2D eigenvalue weighted by atomic mass is 19.1. The van der Waals surface area contributed by atoms with Crippen molar-refractivity contribution in [1.29, 1.82) is 0 Å². The Labute approximate surface area is 149 Å². The van der Waals surface area contributed by atoms with Gasteiger partial charge in [-0.25, -0.2) is 24.3 Å². The van der Waals surface area contributed by atoms with Crippen LogP contribution in [-0.4, -0.2) is 34.4 Å². The molecule has 1 atom stereocenters. The summed E-state index contributed by atoms with van der Waals surface area (Å²) in [6, 6.07) is -0.103. The number of anilines is 3. The second kappa shape index (κ2) is 6.30. The first-order valence-electron chi connectivity index (χ1n) is 8.11. The van der Waals surface area contributed by atoms with Crippen molar-refractivity contribution in [3.63, 3.8) is 0 Å². The number of aryl methyl sites for hydroxylation is 1. The van der Waals surface area contributed by atoms with Crippen LogP contribution in [0.5, 0.6) is 0 Å². The summed E-state index contributed by atoms with van der Waals surface area (Å²) in [7, 11) is 1.89. The predicted molar refractivity (Wildman–Crippen MR) is 92.6 cm³/mol. The van der Waals surface area contributed by atoms with Gasteiger partial charge in [0, 0.05) is 31.9 Å². The van der Waals surface area contributed by atoms with Crippen LogP contribution in [-0.2, 0) is 20.1 Å². The molecule has 3 aromatic heterocycles. The third kappa shape index (κ3) is 3.06. The fourth-order valence-electron chi connectivity index (χ4n) is 2.97. The number of nitrogens with one attached hydrogen (secondary N) is 1. The summed E-state index contributed by atoms with van der Waals surface area (Å²) < 4.78 is 14.9. The largest absolute Gasteiger partial charge is 0.368 e. The second-order valence-electron chi connectivity index (χ2n) is 6.25. The molecular weight excluding hydrogens is 337 g/mol. The van der Waals surface area contributed by atoms with Gasteiger partial charge in [-0.2, -0.15) is 4.98 Å². The molecule has 3 N–H and O–H groups in total. The molecule has 4 heterocycles. The van der Waals surface area contributed by atoms with Gasteiger partial charge in [0.25, 0.3) is 0 Å². The quantitative estimate of drug-likeness (QED) is 0.725. The molecular formula is C16H18FN9. The summed E-state index contributed by atoms with van der Waals surface area (Å²) in [5, 5.41) is 3.20. The van der Waals surface area contributed by atoms with Crippen molar-refractivity contribution in [3.8, 4) is 0 Å². The molecule has 0 unspecified atom stereocenters. The fraction of sp³-hybridized carbons (Fsp3) is 0.312. The van der Waals surface area contributed by atoms with E-state index in [2.05, 4.69) is 35.1 Å². The van der Waals surface area contributed by atoms with Crippen LogP contribution < -0.4 is 11.1 Å². The van der Waals surface area contributed by atoms with Gasteiger partial charge in [-0.3, -0.25) is 4.90 Å². The highest BCUT2D eigenvalue weighted by Gasteiger charge is 2.30. The fourth-order valence-corrected chi connectivity index (χ4v) is 2.97. The van der Waals surface area contributed by atoms with E-state index in [1.807, 2.05) is 24.7 Å². The smallest absolute Gasteiger partial charge is 0.222 e. The number of nitrogen functional groups attached to an aromatic ring is 1. The molecule has 0 amide bonds. The van der Waals surface area contributed by atoms with E-state index in [0.29, 0.717) is 30.5 Å². The van der Waals surface area contributed by atoms with Gasteiger partial charge in [0.15, 0.2) is 5.82 Å². The Hall–Kier alpha value is -3.14. The molecule has 1 aliphatic heterocycles.